The van der Waals surface area contributed by atoms with E-state index in [0.717, 1.165) is 29.1 Å². The van der Waals surface area contributed by atoms with Gasteiger partial charge in [0.15, 0.2) is 5.65 Å². The average Bonchev–Trinajstić information content (AvgIpc) is 2.47. The summed E-state index contributed by atoms with van der Waals surface area (Å²) in [6, 6.07) is 0. The highest BCUT2D eigenvalue weighted by Crippen LogP contribution is 2.09. The Morgan fingerprint density at radius 2 is 2.00 bits per heavy atom. The first-order valence-electron chi connectivity index (χ1n) is 4.52. The third kappa shape index (κ3) is 1.30. The average molecular weight is 175 g/mol. The number of aryl methyl sites for hydroxylation is 3. The van der Waals surface area contributed by atoms with Gasteiger partial charge in [-0.05, 0) is 20.3 Å². The van der Waals surface area contributed by atoms with Crippen LogP contribution in [-0.2, 0) is 6.42 Å². The van der Waals surface area contributed by atoms with Crippen LogP contribution < -0.4 is 0 Å². The molecule has 0 fully saturated rings. The molecule has 0 aromatic carbocycles. The first kappa shape index (κ1) is 8.23. The molecule has 0 saturated heterocycles. The van der Waals surface area contributed by atoms with Crippen molar-refractivity contribution in [2.45, 2.75) is 27.2 Å². The summed E-state index contributed by atoms with van der Waals surface area (Å²) in [5.41, 5.74) is 4.13. The smallest absolute Gasteiger partial charge is 0.158 e. The molecule has 13 heavy (non-hydrogen) atoms. The molecular weight excluding hydrogens is 162 g/mol. The van der Waals surface area contributed by atoms with Crippen molar-refractivity contribution in [3.05, 3.63) is 29.5 Å². The van der Waals surface area contributed by atoms with Gasteiger partial charge < -0.3 is 4.40 Å². The zero-order valence-corrected chi connectivity index (χ0v) is 8.20. The largest absolute Gasteiger partial charge is 0.303 e. The van der Waals surface area contributed by atoms with Crippen LogP contribution in [0.2, 0.25) is 0 Å². The van der Waals surface area contributed by atoms with Gasteiger partial charge in [-0.25, -0.2) is 4.98 Å². The molecule has 0 bridgehead atoms. The minimum absolute atomic E-state index is 0.972. The second-order valence-corrected chi connectivity index (χ2v) is 3.28. The fourth-order valence-corrected chi connectivity index (χ4v) is 1.53. The summed E-state index contributed by atoms with van der Waals surface area (Å²) in [7, 11) is 0. The van der Waals surface area contributed by atoms with Gasteiger partial charge in [0.05, 0.1) is 17.1 Å². The lowest BCUT2D eigenvalue weighted by molar-refractivity contribution is 1.03. The number of nitrogens with zero attached hydrogens (tertiary/aromatic N) is 3. The molecule has 68 valence electrons. The van der Waals surface area contributed by atoms with Gasteiger partial charge in [-0.2, -0.15) is 0 Å². The Labute approximate surface area is 77.4 Å². The summed E-state index contributed by atoms with van der Waals surface area (Å²) in [5.74, 6) is 0. The highest BCUT2D eigenvalue weighted by molar-refractivity contribution is 5.44. The number of aromatic nitrogens is 3. The molecule has 0 aliphatic rings. The van der Waals surface area contributed by atoms with E-state index in [9.17, 15) is 0 Å². The molecule has 0 radical (unpaired) electrons. The molecule has 2 heterocycles. The van der Waals surface area contributed by atoms with E-state index in [4.69, 9.17) is 0 Å². The van der Waals surface area contributed by atoms with E-state index < -0.39 is 0 Å². The summed E-state index contributed by atoms with van der Waals surface area (Å²) >= 11 is 0. The SMILES string of the molecule is CCc1cn2cc(C)nc(C)c2n1. The maximum atomic E-state index is 4.47. The van der Waals surface area contributed by atoms with Crippen LogP contribution in [-0.4, -0.2) is 14.4 Å². The predicted octanol–water partition coefficient (Wildman–Crippen LogP) is 1.91. The second-order valence-electron chi connectivity index (χ2n) is 3.28. The van der Waals surface area contributed by atoms with Crippen molar-refractivity contribution in [2.75, 3.05) is 0 Å². The molecule has 2 aromatic heterocycles. The van der Waals surface area contributed by atoms with Crippen LogP contribution in [0.25, 0.3) is 5.65 Å². The van der Waals surface area contributed by atoms with Crippen molar-refractivity contribution in [1.82, 2.24) is 14.4 Å². The van der Waals surface area contributed by atoms with Crippen molar-refractivity contribution >= 4 is 5.65 Å². The molecule has 0 saturated carbocycles. The fourth-order valence-electron chi connectivity index (χ4n) is 1.53. The van der Waals surface area contributed by atoms with E-state index in [2.05, 4.69) is 27.5 Å². The Balaban J connectivity index is 2.75. The van der Waals surface area contributed by atoms with Crippen molar-refractivity contribution in [1.29, 1.82) is 0 Å². The highest BCUT2D eigenvalue weighted by atomic mass is 15.0. The summed E-state index contributed by atoms with van der Waals surface area (Å²) in [6.45, 7) is 6.10. The predicted molar refractivity (Wildman–Crippen MR) is 51.8 cm³/mol. The number of imidazole rings is 1. The van der Waals surface area contributed by atoms with Crippen molar-refractivity contribution in [3.8, 4) is 0 Å². The zero-order valence-electron chi connectivity index (χ0n) is 8.20. The van der Waals surface area contributed by atoms with Gasteiger partial charge in [0.1, 0.15) is 0 Å². The molecule has 3 heteroatoms. The lowest BCUT2D eigenvalue weighted by Crippen LogP contribution is -1.93. The van der Waals surface area contributed by atoms with Crippen molar-refractivity contribution in [2.24, 2.45) is 0 Å². The van der Waals surface area contributed by atoms with E-state index in [1.54, 1.807) is 0 Å². The van der Waals surface area contributed by atoms with Gasteiger partial charge >= 0.3 is 0 Å². The molecule has 2 aromatic rings. The van der Waals surface area contributed by atoms with E-state index in [0.29, 0.717) is 0 Å². The molecular formula is C10H13N3. The molecule has 0 aliphatic carbocycles. The van der Waals surface area contributed by atoms with Crippen molar-refractivity contribution in [3.63, 3.8) is 0 Å². The maximum Gasteiger partial charge on any atom is 0.158 e. The standard InChI is InChI=1S/C10H13N3/c1-4-9-6-13-5-7(2)11-8(3)10(13)12-9/h5-6H,4H2,1-3H3. The molecule has 0 unspecified atom stereocenters. The summed E-state index contributed by atoms with van der Waals surface area (Å²) < 4.78 is 2.05. The molecule has 3 nitrogen and oxygen atoms in total. The molecule has 0 spiro atoms. The molecule has 0 aliphatic heterocycles. The Morgan fingerprint density at radius 1 is 1.23 bits per heavy atom. The topological polar surface area (TPSA) is 30.2 Å². The van der Waals surface area contributed by atoms with E-state index in [1.165, 1.54) is 0 Å². The first-order valence-corrected chi connectivity index (χ1v) is 4.52. The third-order valence-corrected chi connectivity index (χ3v) is 2.14. The Bertz CT molecular complexity index is 443. The van der Waals surface area contributed by atoms with Crippen LogP contribution >= 0.6 is 0 Å². The quantitative estimate of drug-likeness (QED) is 0.662. The summed E-state index contributed by atoms with van der Waals surface area (Å²) in [6.07, 6.45) is 5.05. The van der Waals surface area contributed by atoms with Gasteiger partial charge in [0, 0.05) is 12.4 Å². The van der Waals surface area contributed by atoms with Gasteiger partial charge in [-0.3, -0.25) is 4.98 Å². The normalized spacial score (nSPS) is 11.0. The maximum absolute atomic E-state index is 4.47. The van der Waals surface area contributed by atoms with Crippen LogP contribution in [0.1, 0.15) is 24.0 Å². The second kappa shape index (κ2) is 2.83. The van der Waals surface area contributed by atoms with Crippen LogP contribution in [0.15, 0.2) is 12.4 Å². The molecule has 2 rings (SSSR count). The minimum atomic E-state index is 0.972. The van der Waals surface area contributed by atoms with Crippen LogP contribution in [0.4, 0.5) is 0 Å². The molecule has 0 atom stereocenters. The number of hydrogen-bond donors (Lipinski definition) is 0. The molecule has 0 amide bonds. The van der Waals surface area contributed by atoms with Crippen LogP contribution in [0.5, 0.6) is 0 Å². The Kier molecular flexibility index (Phi) is 1.79. The van der Waals surface area contributed by atoms with Gasteiger partial charge in [-0.1, -0.05) is 6.92 Å². The Hall–Kier alpha value is -1.38. The fraction of sp³-hybridized carbons (Fsp3) is 0.400. The van der Waals surface area contributed by atoms with Gasteiger partial charge in [0.25, 0.3) is 0 Å². The molecule has 0 N–H and O–H groups in total. The third-order valence-electron chi connectivity index (χ3n) is 2.14. The summed E-state index contributed by atoms with van der Waals surface area (Å²) in [5, 5.41) is 0. The van der Waals surface area contributed by atoms with Crippen LogP contribution in [0, 0.1) is 13.8 Å². The van der Waals surface area contributed by atoms with E-state index >= 15 is 0 Å². The number of rotatable bonds is 1. The lowest BCUT2D eigenvalue weighted by Gasteiger charge is -1.98. The minimum Gasteiger partial charge on any atom is -0.303 e. The van der Waals surface area contributed by atoms with Crippen LogP contribution in [0.3, 0.4) is 0 Å². The van der Waals surface area contributed by atoms with Gasteiger partial charge in [-0.15, -0.1) is 0 Å². The monoisotopic (exact) mass is 175 g/mol. The number of hydrogen-bond acceptors (Lipinski definition) is 2. The zero-order chi connectivity index (χ0) is 9.42. The number of fused-ring (bicyclic) bond motifs is 1. The Morgan fingerprint density at radius 3 is 2.69 bits per heavy atom. The van der Waals surface area contributed by atoms with E-state index in [1.807, 2.05) is 20.0 Å². The lowest BCUT2D eigenvalue weighted by atomic mass is 10.4. The highest BCUT2D eigenvalue weighted by Gasteiger charge is 2.03. The van der Waals surface area contributed by atoms with Gasteiger partial charge in [0.2, 0.25) is 0 Å². The first-order chi connectivity index (χ1) is 6.20. The summed E-state index contributed by atoms with van der Waals surface area (Å²) in [4.78, 5) is 8.84. The van der Waals surface area contributed by atoms with Crippen molar-refractivity contribution < 1.29 is 0 Å². The van der Waals surface area contributed by atoms with E-state index in [-0.39, 0.29) is 0 Å².